The number of benzene rings is 2. The van der Waals surface area contributed by atoms with Crippen LogP contribution in [-0.4, -0.2) is 54.9 Å². The predicted molar refractivity (Wildman–Crippen MR) is 133 cm³/mol. The summed E-state index contributed by atoms with van der Waals surface area (Å²) in [6.07, 6.45) is 1.57. The molecule has 0 aliphatic carbocycles. The Kier molecular flexibility index (Phi) is 7.91. The zero-order chi connectivity index (χ0) is 23.0. The van der Waals surface area contributed by atoms with E-state index in [0.29, 0.717) is 17.3 Å². The summed E-state index contributed by atoms with van der Waals surface area (Å²) < 4.78 is 5.50. The Morgan fingerprint density at radius 3 is 2.55 bits per heavy atom. The summed E-state index contributed by atoms with van der Waals surface area (Å²) in [5.41, 5.74) is 2.12. The maximum Gasteiger partial charge on any atom is 0.230 e. The van der Waals surface area contributed by atoms with Crippen molar-refractivity contribution >= 4 is 40.8 Å². The molecule has 1 aliphatic rings. The fraction of sp³-hybridized carbons (Fsp3) is 0.292. The van der Waals surface area contributed by atoms with Crippen molar-refractivity contribution in [1.82, 2.24) is 15.3 Å². The monoisotopic (exact) mass is 483 g/mol. The lowest BCUT2D eigenvalue weighted by Gasteiger charge is -2.37. The predicted octanol–water partition coefficient (Wildman–Crippen LogP) is 3.87. The number of para-hydroxylation sites is 2. The van der Waals surface area contributed by atoms with Gasteiger partial charge >= 0.3 is 0 Å². The zero-order valence-electron chi connectivity index (χ0n) is 18.4. The Labute approximate surface area is 203 Å². The molecule has 0 radical (unpaired) electrons. The molecule has 1 saturated heterocycles. The zero-order valence-corrected chi connectivity index (χ0v) is 20.0. The Hall–Kier alpha value is -2.97. The molecule has 4 rings (SSSR count). The minimum atomic E-state index is -0.0412. The molecule has 0 unspecified atom stereocenters. The molecular weight excluding hydrogens is 458 g/mol. The summed E-state index contributed by atoms with van der Waals surface area (Å²) >= 11 is 7.30. The van der Waals surface area contributed by atoms with E-state index in [9.17, 15) is 4.79 Å². The van der Waals surface area contributed by atoms with Crippen molar-refractivity contribution in [2.24, 2.45) is 0 Å². The van der Waals surface area contributed by atoms with E-state index < -0.39 is 0 Å². The normalized spacial score (nSPS) is 13.6. The van der Waals surface area contributed by atoms with E-state index in [1.807, 2.05) is 48.5 Å². The lowest BCUT2D eigenvalue weighted by molar-refractivity contribution is -0.118. The number of piperazine rings is 1. The maximum atomic E-state index is 12.2. The number of hydrogen-bond donors (Lipinski definition) is 1. The van der Waals surface area contributed by atoms with Crippen LogP contribution >= 0.6 is 23.4 Å². The molecule has 0 atom stereocenters. The number of rotatable bonds is 8. The first-order chi connectivity index (χ1) is 16.1. The van der Waals surface area contributed by atoms with Gasteiger partial charge in [0.1, 0.15) is 22.9 Å². The highest BCUT2D eigenvalue weighted by Gasteiger charge is 2.21. The van der Waals surface area contributed by atoms with Crippen molar-refractivity contribution in [2.75, 3.05) is 48.8 Å². The topological polar surface area (TPSA) is 70.6 Å². The Bertz CT molecular complexity index is 1070. The Balaban J connectivity index is 1.27. The van der Waals surface area contributed by atoms with Gasteiger partial charge in [0.15, 0.2) is 0 Å². The minimum absolute atomic E-state index is 0.0412. The number of methoxy groups -OCH3 is 1. The molecule has 1 aromatic heterocycles. The quantitative estimate of drug-likeness (QED) is 0.385. The lowest BCUT2D eigenvalue weighted by Crippen LogP contribution is -2.47. The minimum Gasteiger partial charge on any atom is -0.495 e. The van der Waals surface area contributed by atoms with Gasteiger partial charge in [0.25, 0.3) is 0 Å². The largest absolute Gasteiger partial charge is 0.495 e. The van der Waals surface area contributed by atoms with Crippen LogP contribution in [-0.2, 0) is 11.3 Å². The molecule has 3 aromatic rings. The van der Waals surface area contributed by atoms with Gasteiger partial charge in [0.05, 0.1) is 18.6 Å². The fourth-order valence-corrected chi connectivity index (χ4v) is 4.46. The smallest absolute Gasteiger partial charge is 0.230 e. The van der Waals surface area contributed by atoms with Crippen LogP contribution in [0.5, 0.6) is 5.75 Å². The molecule has 9 heteroatoms. The average Bonchev–Trinajstić information content (AvgIpc) is 2.87. The molecule has 0 spiro atoms. The van der Waals surface area contributed by atoms with E-state index in [-0.39, 0.29) is 5.91 Å². The van der Waals surface area contributed by atoms with Gasteiger partial charge in [-0.1, -0.05) is 47.6 Å². The van der Waals surface area contributed by atoms with Crippen LogP contribution in [0.15, 0.2) is 66.0 Å². The van der Waals surface area contributed by atoms with E-state index in [4.69, 9.17) is 16.3 Å². The van der Waals surface area contributed by atoms with Crippen molar-refractivity contribution in [3.05, 3.63) is 71.5 Å². The van der Waals surface area contributed by atoms with Gasteiger partial charge in [-0.2, -0.15) is 0 Å². The molecule has 1 N–H and O–H groups in total. The first-order valence-electron chi connectivity index (χ1n) is 10.7. The van der Waals surface area contributed by atoms with Crippen molar-refractivity contribution in [1.29, 1.82) is 0 Å². The first kappa shape index (κ1) is 23.2. The van der Waals surface area contributed by atoms with Crippen LogP contribution in [0.2, 0.25) is 5.02 Å². The van der Waals surface area contributed by atoms with Gasteiger partial charge in [0, 0.05) is 43.8 Å². The van der Waals surface area contributed by atoms with Gasteiger partial charge in [-0.15, -0.1) is 0 Å². The van der Waals surface area contributed by atoms with E-state index in [0.717, 1.165) is 54.0 Å². The van der Waals surface area contributed by atoms with E-state index >= 15 is 0 Å². The number of nitrogens with zero attached hydrogens (tertiary/aromatic N) is 4. The summed E-state index contributed by atoms with van der Waals surface area (Å²) in [6, 6.07) is 17.5. The summed E-state index contributed by atoms with van der Waals surface area (Å²) in [6.45, 7) is 3.92. The third-order valence-corrected chi connectivity index (χ3v) is 6.59. The molecule has 2 aromatic carbocycles. The first-order valence-corrected chi connectivity index (χ1v) is 12.1. The van der Waals surface area contributed by atoms with Crippen molar-refractivity contribution < 1.29 is 9.53 Å². The van der Waals surface area contributed by atoms with E-state index in [1.165, 1.54) is 11.8 Å². The number of carbonyl (C=O) groups excluding carboxylic acids is 1. The molecule has 7 nitrogen and oxygen atoms in total. The summed E-state index contributed by atoms with van der Waals surface area (Å²) in [7, 11) is 1.70. The third-order valence-electron chi connectivity index (χ3n) is 5.41. The number of ether oxygens (including phenoxy) is 1. The van der Waals surface area contributed by atoms with Gasteiger partial charge in [-0.3, -0.25) is 4.79 Å². The fourth-order valence-electron chi connectivity index (χ4n) is 3.64. The highest BCUT2D eigenvalue weighted by molar-refractivity contribution is 7.99. The Morgan fingerprint density at radius 1 is 1.06 bits per heavy atom. The standard InChI is InChI=1S/C24H26ClN5O2S/c1-32-21-5-3-2-4-20(21)29-10-12-30(13-11-29)22-14-24(28-17-27-22)33-16-23(31)26-15-18-6-8-19(25)9-7-18/h2-9,14,17H,10-13,15-16H2,1H3,(H,26,31). The van der Waals surface area contributed by atoms with Crippen molar-refractivity contribution in [2.45, 2.75) is 11.6 Å². The van der Waals surface area contributed by atoms with Crippen LogP contribution in [0.4, 0.5) is 11.5 Å². The van der Waals surface area contributed by atoms with Gasteiger partial charge < -0.3 is 19.9 Å². The van der Waals surface area contributed by atoms with Crippen molar-refractivity contribution in [3.63, 3.8) is 0 Å². The molecule has 172 valence electrons. The number of hydrogen-bond acceptors (Lipinski definition) is 7. The van der Waals surface area contributed by atoms with Crippen molar-refractivity contribution in [3.8, 4) is 5.75 Å². The number of aromatic nitrogens is 2. The summed E-state index contributed by atoms with van der Waals surface area (Å²) in [5.74, 6) is 2.03. The van der Waals surface area contributed by atoms with Crippen LogP contribution in [0, 0.1) is 0 Å². The highest BCUT2D eigenvalue weighted by Crippen LogP contribution is 2.29. The summed E-state index contributed by atoms with van der Waals surface area (Å²) in [4.78, 5) is 25.6. The van der Waals surface area contributed by atoms with Gasteiger partial charge in [-0.25, -0.2) is 9.97 Å². The Morgan fingerprint density at radius 2 is 1.79 bits per heavy atom. The van der Waals surface area contributed by atoms with E-state index in [2.05, 4.69) is 31.2 Å². The van der Waals surface area contributed by atoms with E-state index in [1.54, 1.807) is 13.4 Å². The van der Waals surface area contributed by atoms with Crippen LogP contribution in [0.3, 0.4) is 0 Å². The summed E-state index contributed by atoms with van der Waals surface area (Å²) in [5, 5.41) is 4.39. The highest BCUT2D eigenvalue weighted by atomic mass is 35.5. The van der Waals surface area contributed by atoms with Crippen LogP contribution in [0.1, 0.15) is 5.56 Å². The molecular formula is C24H26ClN5O2S. The van der Waals surface area contributed by atoms with Crippen LogP contribution in [0.25, 0.3) is 0 Å². The number of anilines is 2. The second-order valence-electron chi connectivity index (χ2n) is 7.55. The lowest BCUT2D eigenvalue weighted by atomic mass is 10.2. The number of carbonyl (C=O) groups is 1. The molecule has 33 heavy (non-hydrogen) atoms. The molecule has 0 bridgehead atoms. The van der Waals surface area contributed by atoms with Crippen LogP contribution < -0.4 is 19.9 Å². The molecule has 1 fully saturated rings. The molecule has 1 amide bonds. The second-order valence-corrected chi connectivity index (χ2v) is 8.98. The second kappa shape index (κ2) is 11.2. The maximum absolute atomic E-state index is 12.2. The number of thioether (sulfide) groups is 1. The molecule has 0 saturated carbocycles. The SMILES string of the molecule is COc1ccccc1N1CCN(c2cc(SCC(=O)NCc3ccc(Cl)cc3)ncn2)CC1. The third kappa shape index (κ3) is 6.30. The van der Waals surface area contributed by atoms with Gasteiger partial charge in [-0.05, 0) is 29.8 Å². The molecule has 1 aliphatic heterocycles. The number of halogens is 1. The van der Waals surface area contributed by atoms with Gasteiger partial charge in [0.2, 0.25) is 5.91 Å². The number of amides is 1. The average molecular weight is 484 g/mol. The molecule has 2 heterocycles. The number of nitrogens with one attached hydrogen (secondary N) is 1.